The highest BCUT2D eigenvalue weighted by Crippen LogP contribution is 2.39. The second-order valence-corrected chi connectivity index (χ2v) is 11.6. The molecule has 5 rings (SSSR count). The highest BCUT2D eigenvalue weighted by molar-refractivity contribution is 6.09. The van der Waals surface area contributed by atoms with Crippen molar-refractivity contribution >= 4 is 45.3 Å². The minimum absolute atomic E-state index is 0.238. The molecule has 1 heterocycles. The number of nitrogens with one attached hydrogen (secondary N) is 1. The first-order chi connectivity index (χ1) is 19.6. The van der Waals surface area contributed by atoms with Crippen molar-refractivity contribution in [3.8, 4) is 0 Å². The molecule has 0 radical (unpaired) electrons. The minimum atomic E-state index is -1.71. The van der Waals surface area contributed by atoms with Gasteiger partial charge in [-0.05, 0) is 67.9 Å². The molecule has 1 aliphatic carbocycles. The van der Waals surface area contributed by atoms with Gasteiger partial charge in [0.1, 0.15) is 16.8 Å². The zero-order valence-electron chi connectivity index (χ0n) is 23.9. The molecule has 4 aromatic rings. The van der Waals surface area contributed by atoms with Crippen LogP contribution in [0.15, 0.2) is 89.4 Å². The average Bonchev–Trinajstić information content (AvgIpc) is 3.31. The van der Waals surface area contributed by atoms with Gasteiger partial charge >= 0.3 is 6.09 Å². The standard InChI is InChI=1S/C35H37NO5/c1-22-15-18-25(26-11-8-12-28-27-10-5-6-14-31(27)40-32(26)28)21-29(22)24-19-16-23(17-20-24)9-7-13-30(33(37)38)36-34(39)41-35(2,3)4/h5-12,14,16-22,30,33,37-38H,13,15H2,1-4H3,(H,36,39)/b9-7+. The van der Waals surface area contributed by atoms with Gasteiger partial charge in [0, 0.05) is 16.3 Å². The van der Waals surface area contributed by atoms with Gasteiger partial charge in [-0.3, -0.25) is 0 Å². The molecule has 3 N–H and O–H groups in total. The van der Waals surface area contributed by atoms with Gasteiger partial charge < -0.3 is 24.7 Å². The van der Waals surface area contributed by atoms with E-state index in [1.807, 2.05) is 42.5 Å². The third kappa shape index (κ3) is 6.62. The van der Waals surface area contributed by atoms with E-state index in [2.05, 4.69) is 60.8 Å². The van der Waals surface area contributed by atoms with Gasteiger partial charge in [0.2, 0.25) is 0 Å². The molecule has 0 aliphatic heterocycles. The fraction of sp³-hybridized carbons (Fsp3) is 0.286. The summed E-state index contributed by atoms with van der Waals surface area (Å²) in [6.07, 6.45) is 7.07. The predicted molar refractivity (Wildman–Crippen MR) is 165 cm³/mol. The summed E-state index contributed by atoms with van der Waals surface area (Å²) >= 11 is 0. The predicted octanol–water partition coefficient (Wildman–Crippen LogP) is 7.70. The summed E-state index contributed by atoms with van der Waals surface area (Å²) in [5, 5.41) is 24.2. The molecule has 41 heavy (non-hydrogen) atoms. The number of furan rings is 1. The van der Waals surface area contributed by atoms with Crippen molar-refractivity contribution in [1.82, 2.24) is 5.32 Å². The third-order valence-electron chi connectivity index (χ3n) is 7.25. The van der Waals surface area contributed by atoms with E-state index in [1.165, 1.54) is 5.57 Å². The normalized spacial score (nSPS) is 16.7. The lowest BCUT2D eigenvalue weighted by atomic mass is 9.83. The monoisotopic (exact) mass is 551 g/mol. The number of rotatable bonds is 7. The van der Waals surface area contributed by atoms with Crippen LogP contribution in [0.25, 0.3) is 39.2 Å². The van der Waals surface area contributed by atoms with Crippen LogP contribution in [0.1, 0.15) is 57.2 Å². The number of amides is 1. The summed E-state index contributed by atoms with van der Waals surface area (Å²) in [5.74, 6) is 0.376. The number of alkyl carbamates (subject to hydrolysis) is 1. The van der Waals surface area contributed by atoms with E-state index in [1.54, 1.807) is 20.8 Å². The number of ether oxygens (including phenoxy) is 1. The van der Waals surface area contributed by atoms with Crippen molar-refractivity contribution in [2.75, 3.05) is 0 Å². The smallest absolute Gasteiger partial charge is 0.408 e. The number of aliphatic hydroxyl groups excluding tert-OH is 1. The molecule has 0 spiro atoms. The molecule has 0 bridgehead atoms. The fourth-order valence-corrected chi connectivity index (χ4v) is 5.18. The Bertz CT molecular complexity index is 1630. The van der Waals surface area contributed by atoms with Crippen LogP contribution in [0, 0.1) is 5.92 Å². The van der Waals surface area contributed by atoms with Crippen LogP contribution in [0.2, 0.25) is 0 Å². The van der Waals surface area contributed by atoms with Crippen LogP contribution in [-0.2, 0) is 4.74 Å². The van der Waals surface area contributed by atoms with Crippen LogP contribution >= 0.6 is 0 Å². The highest BCUT2D eigenvalue weighted by atomic mass is 16.6. The van der Waals surface area contributed by atoms with E-state index in [9.17, 15) is 15.0 Å². The topological polar surface area (TPSA) is 91.9 Å². The van der Waals surface area contributed by atoms with Crippen LogP contribution in [-0.4, -0.2) is 34.2 Å². The van der Waals surface area contributed by atoms with Crippen LogP contribution in [0.5, 0.6) is 0 Å². The number of benzene rings is 3. The second-order valence-electron chi connectivity index (χ2n) is 11.6. The molecule has 1 amide bonds. The quantitative estimate of drug-likeness (QED) is 0.205. The van der Waals surface area contributed by atoms with E-state index < -0.39 is 24.0 Å². The highest BCUT2D eigenvalue weighted by Gasteiger charge is 2.23. The zero-order chi connectivity index (χ0) is 29.1. The van der Waals surface area contributed by atoms with Crippen LogP contribution in [0.3, 0.4) is 0 Å². The Kier molecular flexibility index (Phi) is 8.15. The number of carbonyl (C=O) groups is 1. The third-order valence-corrected chi connectivity index (χ3v) is 7.25. The van der Waals surface area contributed by atoms with Crippen molar-refractivity contribution in [2.24, 2.45) is 5.92 Å². The van der Waals surface area contributed by atoms with Crippen molar-refractivity contribution in [1.29, 1.82) is 0 Å². The number of aliphatic hydroxyl groups is 2. The van der Waals surface area contributed by atoms with Gasteiger partial charge in [-0.15, -0.1) is 0 Å². The van der Waals surface area contributed by atoms with Crippen molar-refractivity contribution in [3.05, 3.63) is 102 Å². The first-order valence-corrected chi connectivity index (χ1v) is 14.0. The molecule has 0 saturated heterocycles. The SMILES string of the molecule is CC1CC=C(c2cccc3c2oc2ccccc23)C=C1c1ccc(/C=C/CC(NC(=O)OC(C)(C)C)C(O)O)cc1. The summed E-state index contributed by atoms with van der Waals surface area (Å²) in [4.78, 5) is 12.0. The Labute approximate surface area is 240 Å². The molecule has 6 heteroatoms. The summed E-state index contributed by atoms with van der Waals surface area (Å²) in [5.41, 5.74) is 6.81. The van der Waals surface area contributed by atoms with Gasteiger partial charge in [0.15, 0.2) is 6.29 Å². The molecule has 1 aliphatic rings. The summed E-state index contributed by atoms with van der Waals surface area (Å²) < 4.78 is 11.5. The maximum absolute atomic E-state index is 12.0. The largest absolute Gasteiger partial charge is 0.455 e. The lowest BCUT2D eigenvalue weighted by Gasteiger charge is -2.24. The van der Waals surface area contributed by atoms with Gasteiger partial charge in [-0.25, -0.2) is 4.79 Å². The molecule has 6 nitrogen and oxygen atoms in total. The zero-order valence-corrected chi connectivity index (χ0v) is 23.9. The molecule has 3 aromatic carbocycles. The summed E-state index contributed by atoms with van der Waals surface area (Å²) in [6, 6.07) is 21.9. The Morgan fingerprint density at radius 3 is 2.51 bits per heavy atom. The lowest BCUT2D eigenvalue weighted by Crippen LogP contribution is -2.45. The Morgan fingerprint density at radius 2 is 1.78 bits per heavy atom. The first-order valence-electron chi connectivity index (χ1n) is 14.0. The number of para-hydroxylation sites is 2. The van der Waals surface area contributed by atoms with Crippen LogP contribution < -0.4 is 5.32 Å². The van der Waals surface area contributed by atoms with E-state index in [0.29, 0.717) is 5.92 Å². The minimum Gasteiger partial charge on any atom is -0.455 e. The Balaban J connectivity index is 1.31. The maximum Gasteiger partial charge on any atom is 0.408 e. The number of fused-ring (bicyclic) bond motifs is 3. The number of hydrogen-bond acceptors (Lipinski definition) is 5. The van der Waals surface area contributed by atoms with Crippen molar-refractivity contribution in [2.45, 2.75) is 58.5 Å². The fourth-order valence-electron chi connectivity index (χ4n) is 5.18. The van der Waals surface area contributed by atoms with Crippen molar-refractivity contribution in [3.63, 3.8) is 0 Å². The molecule has 0 fully saturated rings. The van der Waals surface area contributed by atoms with E-state index in [4.69, 9.17) is 9.15 Å². The van der Waals surface area contributed by atoms with Crippen molar-refractivity contribution < 1.29 is 24.2 Å². The average molecular weight is 552 g/mol. The molecule has 2 unspecified atom stereocenters. The maximum atomic E-state index is 12.0. The molecular formula is C35H37NO5. The van der Waals surface area contributed by atoms with E-state index in [-0.39, 0.29) is 6.42 Å². The van der Waals surface area contributed by atoms with E-state index >= 15 is 0 Å². The molecular weight excluding hydrogens is 514 g/mol. The number of allylic oxidation sites excluding steroid dienone is 4. The molecule has 212 valence electrons. The van der Waals surface area contributed by atoms with Gasteiger partial charge in [0.05, 0.1) is 6.04 Å². The van der Waals surface area contributed by atoms with Crippen LogP contribution in [0.4, 0.5) is 4.79 Å². The molecule has 0 saturated carbocycles. The molecule has 1 aromatic heterocycles. The molecule has 2 atom stereocenters. The van der Waals surface area contributed by atoms with Gasteiger partial charge in [-0.1, -0.05) is 91.9 Å². The summed E-state index contributed by atoms with van der Waals surface area (Å²) in [6.45, 7) is 7.50. The summed E-state index contributed by atoms with van der Waals surface area (Å²) in [7, 11) is 0. The Hall–Kier alpha value is -4.13. The Morgan fingerprint density at radius 1 is 1.05 bits per heavy atom. The van der Waals surface area contributed by atoms with E-state index in [0.717, 1.165) is 50.6 Å². The number of carbonyl (C=O) groups excluding carboxylic acids is 1. The van der Waals surface area contributed by atoms with Gasteiger partial charge in [0.25, 0.3) is 0 Å². The first kappa shape index (κ1) is 28.4. The second kappa shape index (κ2) is 11.8. The van der Waals surface area contributed by atoms with Gasteiger partial charge in [-0.2, -0.15) is 0 Å². The number of hydrogen-bond donors (Lipinski definition) is 3. The lowest BCUT2D eigenvalue weighted by molar-refractivity contribution is -0.0673.